The standard InChI is InChI=1S/C12H14N4O3S/c1-3-7-9(16(18)19)6-5-8-10(7)20-12(14-8)15(4-2)11(13)17/h5-6H,3-4H2,1-2H3,(H2,13,17). The van der Waals surface area contributed by atoms with E-state index in [1.165, 1.54) is 22.3 Å². The van der Waals surface area contributed by atoms with Gasteiger partial charge in [0.2, 0.25) is 0 Å². The maximum atomic E-state index is 11.3. The summed E-state index contributed by atoms with van der Waals surface area (Å²) in [5.74, 6) is 0. The van der Waals surface area contributed by atoms with Gasteiger partial charge in [0, 0.05) is 18.2 Å². The number of aromatic nitrogens is 1. The van der Waals surface area contributed by atoms with Crippen molar-refractivity contribution in [1.82, 2.24) is 4.98 Å². The monoisotopic (exact) mass is 294 g/mol. The van der Waals surface area contributed by atoms with Crippen LogP contribution < -0.4 is 10.6 Å². The molecule has 1 aromatic heterocycles. The molecule has 8 heteroatoms. The van der Waals surface area contributed by atoms with Gasteiger partial charge in [0.25, 0.3) is 5.69 Å². The zero-order valence-corrected chi connectivity index (χ0v) is 11.9. The van der Waals surface area contributed by atoms with Crippen LogP contribution in [-0.2, 0) is 6.42 Å². The number of fused-ring (bicyclic) bond motifs is 1. The van der Waals surface area contributed by atoms with E-state index in [0.29, 0.717) is 29.2 Å². The third-order valence-electron chi connectivity index (χ3n) is 2.99. The van der Waals surface area contributed by atoms with Gasteiger partial charge in [0.1, 0.15) is 0 Å². The number of carbonyl (C=O) groups excluding carboxylic acids is 1. The van der Waals surface area contributed by atoms with Gasteiger partial charge >= 0.3 is 6.03 Å². The van der Waals surface area contributed by atoms with Crippen LogP contribution >= 0.6 is 11.3 Å². The molecule has 2 rings (SSSR count). The SMILES string of the molecule is CCc1c([N+](=O)[O-])ccc2nc(N(CC)C(N)=O)sc12. The van der Waals surface area contributed by atoms with Crippen LogP contribution in [0.1, 0.15) is 19.4 Å². The molecule has 0 aliphatic heterocycles. The Morgan fingerprint density at radius 3 is 2.70 bits per heavy atom. The Labute approximate surface area is 119 Å². The van der Waals surface area contributed by atoms with Gasteiger partial charge in [-0.1, -0.05) is 18.3 Å². The smallest absolute Gasteiger partial charge is 0.321 e. The van der Waals surface area contributed by atoms with Crippen molar-refractivity contribution in [3.8, 4) is 0 Å². The topological polar surface area (TPSA) is 102 Å². The number of carbonyl (C=O) groups is 1. The van der Waals surface area contributed by atoms with Crippen molar-refractivity contribution in [2.45, 2.75) is 20.3 Å². The molecule has 1 aromatic carbocycles. The minimum absolute atomic E-state index is 0.0809. The molecule has 0 saturated carbocycles. The number of nitro benzene ring substituents is 1. The summed E-state index contributed by atoms with van der Waals surface area (Å²) in [6.45, 7) is 4.05. The average Bonchev–Trinajstić information content (AvgIpc) is 2.80. The average molecular weight is 294 g/mol. The van der Waals surface area contributed by atoms with Crippen molar-refractivity contribution in [2.75, 3.05) is 11.4 Å². The normalized spacial score (nSPS) is 10.7. The van der Waals surface area contributed by atoms with Crippen molar-refractivity contribution >= 4 is 38.4 Å². The van der Waals surface area contributed by atoms with E-state index in [2.05, 4.69) is 4.98 Å². The zero-order valence-electron chi connectivity index (χ0n) is 11.1. The molecule has 0 aliphatic carbocycles. The number of aryl methyl sites for hydroxylation is 1. The number of amides is 2. The summed E-state index contributed by atoms with van der Waals surface area (Å²) in [7, 11) is 0. The van der Waals surface area contributed by atoms with Gasteiger partial charge in [0.05, 0.1) is 15.1 Å². The van der Waals surface area contributed by atoms with Crippen molar-refractivity contribution in [2.24, 2.45) is 5.73 Å². The number of thiazole rings is 1. The van der Waals surface area contributed by atoms with Crippen LogP contribution in [0.15, 0.2) is 12.1 Å². The summed E-state index contributed by atoms with van der Waals surface area (Å²) >= 11 is 1.25. The minimum Gasteiger partial charge on any atom is -0.351 e. The Bertz CT molecular complexity index is 683. The molecule has 2 amide bonds. The van der Waals surface area contributed by atoms with Gasteiger partial charge in [-0.3, -0.25) is 15.0 Å². The largest absolute Gasteiger partial charge is 0.351 e. The molecule has 2 N–H and O–H groups in total. The number of hydrogen-bond acceptors (Lipinski definition) is 5. The Kier molecular flexibility index (Phi) is 3.84. The van der Waals surface area contributed by atoms with E-state index in [0.717, 1.165) is 4.70 Å². The van der Waals surface area contributed by atoms with E-state index in [9.17, 15) is 14.9 Å². The number of anilines is 1. The highest BCUT2D eigenvalue weighted by Gasteiger charge is 2.21. The van der Waals surface area contributed by atoms with E-state index in [1.54, 1.807) is 13.0 Å². The molecule has 0 fully saturated rings. The van der Waals surface area contributed by atoms with E-state index < -0.39 is 11.0 Å². The molecule has 0 saturated heterocycles. The number of nitro groups is 1. The predicted molar refractivity (Wildman–Crippen MR) is 78.3 cm³/mol. The first-order valence-electron chi connectivity index (χ1n) is 6.13. The lowest BCUT2D eigenvalue weighted by molar-refractivity contribution is -0.385. The second-order valence-electron chi connectivity index (χ2n) is 4.10. The highest BCUT2D eigenvalue weighted by Crippen LogP contribution is 2.35. The Morgan fingerprint density at radius 2 is 2.20 bits per heavy atom. The summed E-state index contributed by atoms with van der Waals surface area (Å²) in [6, 6.07) is 2.46. The first-order chi connectivity index (χ1) is 9.49. The van der Waals surface area contributed by atoms with Gasteiger partial charge in [-0.2, -0.15) is 0 Å². The Balaban J connectivity index is 2.65. The Hall–Kier alpha value is -2.22. The summed E-state index contributed by atoms with van der Waals surface area (Å²) in [6.07, 6.45) is 0.526. The second kappa shape index (κ2) is 5.41. The lowest BCUT2D eigenvalue weighted by Gasteiger charge is -2.13. The molecule has 2 aromatic rings. The fraction of sp³-hybridized carbons (Fsp3) is 0.333. The number of nitrogens with zero attached hydrogens (tertiary/aromatic N) is 3. The van der Waals surface area contributed by atoms with Crippen LogP contribution in [0.5, 0.6) is 0 Å². The van der Waals surface area contributed by atoms with Gasteiger partial charge < -0.3 is 5.73 Å². The summed E-state index contributed by atoms with van der Waals surface area (Å²) in [4.78, 5) is 27.7. The van der Waals surface area contributed by atoms with Crippen LogP contribution in [0.3, 0.4) is 0 Å². The van der Waals surface area contributed by atoms with E-state index >= 15 is 0 Å². The third-order valence-corrected chi connectivity index (χ3v) is 4.14. The quantitative estimate of drug-likeness (QED) is 0.691. The van der Waals surface area contributed by atoms with Crippen LogP contribution in [0.2, 0.25) is 0 Å². The molecule has 0 unspecified atom stereocenters. The first-order valence-corrected chi connectivity index (χ1v) is 6.95. The molecular formula is C12H14N4O3S. The predicted octanol–water partition coefficient (Wildman–Crippen LogP) is 2.67. The number of benzene rings is 1. The lowest BCUT2D eigenvalue weighted by Crippen LogP contribution is -2.35. The molecule has 0 aliphatic rings. The molecular weight excluding hydrogens is 280 g/mol. The molecule has 20 heavy (non-hydrogen) atoms. The minimum atomic E-state index is -0.584. The van der Waals surface area contributed by atoms with E-state index in [1.807, 2.05) is 6.92 Å². The van der Waals surface area contributed by atoms with Crippen LogP contribution in [-0.4, -0.2) is 22.5 Å². The number of urea groups is 1. The maximum absolute atomic E-state index is 11.3. The molecule has 7 nitrogen and oxygen atoms in total. The third kappa shape index (κ3) is 2.29. The zero-order chi connectivity index (χ0) is 14.9. The van der Waals surface area contributed by atoms with Crippen molar-refractivity contribution in [3.63, 3.8) is 0 Å². The van der Waals surface area contributed by atoms with Crippen molar-refractivity contribution < 1.29 is 9.72 Å². The lowest BCUT2D eigenvalue weighted by atomic mass is 10.1. The van der Waals surface area contributed by atoms with Gasteiger partial charge in [-0.25, -0.2) is 9.78 Å². The maximum Gasteiger partial charge on any atom is 0.321 e. The molecule has 0 bridgehead atoms. The second-order valence-corrected chi connectivity index (χ2v) is 5.08. The van der Waals surface area contributed by atoms with Crippen LogP contribution in [0, 0.1) is 10.1 Å². The summed E-state index contributed by atoms with van der Waals surface area (Å²) < 4.78 is 0.733. The molecule has 0 radical (unpaired) electrons. The first kappa shape index (κ1) is 14.2. The van der Waals surface area contributed by atoms with Gasteiger partial charge in [0.15, 0.2) is 5.13 Å². The Morgan fingerprint density at radius 1 is 1.50 bits per heavy atom. The summed E-state index contributed by atoms with van der Waals surface area (Å²) in [5, 5.41) is 11.5. The molecule has 1 heterocycles. The van der Waals surface area contributed by atoms with Gasteiger partial charge in [-0.15, -0.1) is 0 Å². The number of nitrogens with two attached hydrogens (primary N) is 1. The van der Waals surface area contributed by atoms with Crippen LogP contribution in [0.4, 0.5) is 15.6 Å². The number of rotatable bonds is 4. The van der Waals surface area contributed by atoms with E-state index in [4.69, 9.17) is 5.73 Å². The molecule has 0 spiro atoms. The van der Waals surface area contributed by atoms with Crippen molar-refractivity contribution in [1.29, 1.82) is 0 Å². The number of primary amides is 1. The van der Waals surface area contributed by atoms with Crippen molar-refractivity contribution in [3.05, 3.63) is 27.8 Å². The summed E-state index contributed by atoms with van der Waals surface area (Å²) in [5.41, 5.74) is 6.66. The fourth-order valence-electron chi connectivity index (χ4n) is 2.04. The van der Waals surface area contributed by atoms with E-state index in [-0.39, 0.29) is 5.69 Å². The van der Waals surface area contributed by atoms with Crippen LogP contribution in [0.25, 0.3) is 10.2 Å². The van der Waals surface area contributed by atoms with Gasteiger partial charge in [-0.05, 0) is 19.4 Å². The molecule has 106 valence electrons. The fourth-order valence-corrected chi connectivity index (χ4v) is 3.28. The highest BCUT2D eigenvalue weighted by molar-refractivity contribution is 7.22. The molecule has 0 atom stereocenters. The number of hydrogen-bond donors (Lipinski definition) is 1. The highest BCUT2D eigenvalue weighted by atomic mass is 32.1.